The van der Waals surface area contributed by atoms with Crippen LogP contribution < -0.4 is 0 Å². The van der Waals surface area contributed by atoms with Gasteiger partial charge in [0, 0.05) is 20.4 Å². The molecule has 0 aromatic rings. The van der Waals surface area contributed by atoms with E-state index in [1.54, 1.807) is 0 Å². The van der Waals surface area contributed by atoms with E-state index in [-0.39, 0.29) is 20.4 Å². The van der Waals surface area contributed by atoms with Crippen LogP contribution in [0, 0.1) is 0 Å². The van der Waals surface area contributed by atoms with E-state index in [0.29, 0.717) is 0 Å². The molecule has 0 rings (SSSR count). The Kier molecular flexibility index (Phi) is 18.4. The van der Waals surface area contributed by atoms with Gasteiger partial charge in [-0.15, -0.1) is 5.28 Å². The maximum absolute atomic E-state index is 2.28. The molecule has 0 fully saturated rings. The van der Waals surface area contributed by atoms with Gasteiger partial charge < -0.3 is 0 Å². The zero-order chi connectivity index (χ0) is 7.66. The van der Waals surface area contributed by atoms with Crippen molar-refractivity contribution in [3.63, 3.8) is 0 Å². The smallest absolute Gasteiger partial charge is 0.101 e. The minimum absolute atomic E-state index is 0. The molecule has 0 nitrogen and oxygen atoms in total. The summed E-state index contributed by atoms with van der Waals surface area (Å²) >= 11 is 1.41. The number of unbranched alkanes of at least 4 members (excludes halogenated alkanes) is 6. The van der Waals surface area contributed by atoms with Crippen LogP contribution in [-0.4, -0.2) is 16.3 Å². The van der Waals surface area contributed by atoms with Gasteiger partial charge in [-0.1, -0.05) is 51.9 Å². The standard InChI is InChI=1S/C9H19.Al.Pd.2H/c1-3-5-7-9-8-6-4-2;;;;/h1,3-9H2,2H3;;;;. The van der Waals surface area contributed by atoms with Crippen molar-refractivity contribution >= 4 is 16.3 Å². The zero-order valence-electron chi connectivity index (χ0n) is 7.97. The topological polar surface area (TPSA) is 0 Å². The maximum atomic E-state index is 2.28. The zero-order valence-corrected chi connectivity index (χ0v) is 11.5. The summed E-state index contributed by atoms with van der Waals surface area (Å²) in [6, 6.07) is 0. The van der Waals surface area contributed by atoms with Crippen LogP contribution in [-0.2, 0) is 20.4 Å². The SMILES string of the molecule is CCCCCCCC[CH2][AlH2].[Pd]. The van der Waals surface area contributed by atoms with Gasteiger partial charge in [-0.2, -0.15) is 0 Å². The van der Waals surface area contributed by atoms with Gasteiger partial charge in [0.15, 0.2) is 0 Å². The van der Waals surface area contributed by atoms with Crippen LogP contribution in [0.4, 0.5) is 0 Å². The van der Waals surface area contributed by atoms with Gasteiger partial charge in [0.25, 0.3) is 0 Å². The molecule has 0 aliphatic rings. The van der Waals surface area contributed by atoms with Crippen LogP contribution in [0.25, 0.3) is 0 Å². The molecular weight excluding hydrogens is 242 g/mol. The average molecular weight is 263 g/mol. The Labute approximate surface area is 93.6 Å². The van der Waals surface area contributed by atoms with Crippen molar-refractivity contribution in [2.24, 2.45) is 0 Å². The van der Waals surface area contributed by atoms with Gasteiger partial charge in [-0.25, -0.2) is 0 Å². The Morgan fingerprint density at radius 1 is 0.818 bits per heavy atom. The van der Waals surface area contributed by atoms with Gasteiger partial charge >= 0.3 is 0 Å². The van der Waals surface area contributed by atoms with Crippen LogP contribution in [0.5, 0.6) is 0 Å². The second-order valence-corrected chi connectivity index (χ2v) is 4.12. The molecule has 0 amide bonds. The van der Waals surface area contributed by atoms with Gasteiger partial charge in [0.05, 0.1) is 0 Å². The van der Waals surface area contributed by atoms with Crippen LogP contribution in [0.3, 0.4) is 0 Å². The molecule has 0 saturated carbocycles. The number of rotatable bonds is 7. The first kappa shape index (κ1) is 14.7. The predicted molar refractivity (Wildman–Crippen MR) is 51.3 cm³/mol. The van der Waals surface area contributed by atoms with Crippen LogP contribution >= 0.6 is 0 Å². The Morgan fingerprint density at radius 3 is 1.73 bits per heavy atom. The Bertz CT molecular complexity index is 49.5. The Morgan fingerprint density at radius 2 is 1.27 bits per heavy atom. The van der Waals surface area contributed by atoms with Crippen molar-refractivity contribution in [3.05, 3.63) is 0 Å². The summed E-state index contributed by atoms with van der Waals surface area (Å²) in [6.07, 6.45) is 10.3. The van der Waals surface area contributed by atoms with Gasteiger partial charge in [-0.05, 0) is 0 Å². The third-order valence-corrected chi connectivity index (χ3v) is 2.66. The number of hydrogen-bond donors (Lipinski definition) is 0. The fourth-order valence-electron chi connectivity index (χ4n) is 1.21. The molecule has 0 radical (unpaired) electrons. The van der Waals surface area contributed by atoms with E-state index >= 15 is 0 Å². The summed E-state index contributed by atoms with van der Waals surface area (Å²) in [4.78, 5) is 0. The first-order valence-electron chi connectivity index (χ1n) is 4.91. The molecular formula is C9H21AlPd. The number of hydrogen-bond acceptors (Lipinski definition) is 0. The van der Waals surface area contributed by atoms with Crippen molar-refractivity contribution in [1.29, 1.82) is 0 Å². The van der Waals surface area contributed by atoms with E-state index in [2.05, 4.69) is 6.92 Å². The summed E-state index contributed by atoms with van der Waals surface area (Å²) in [5.74, 6) is 0. The monoisotopic (exact) mass is 262 g/mol. The summed E-state index contributed by atoms with van der Waals surface area (Å²) in [6.45, 7) is 2.28. The van der Waals surface area contributed by atoms with E-state index in [4.69, 9.17) is 0 Å². The molecule has 0 unspecified atom stereocenters. The normalized spacial score (nSPS) is 9.18. The summed E-state index contributed by atoms with van der Waals surface area (Å²) in [5.41, 5.74) is 0. The van der Waals surface area contributed by atoms with E-state index < -0.39 is 0 Å². The quantitative estimate of drug-likeness (QED) is 0.489. The van der Waals surface area contributed by atoms with Crippen molar-refractivity contribution in [2.75, 3.05) is 0 Å². The average Bonchev–Trinajstić information content (AvgIpc) is 1.97. The molecule has 0 heterocycles. The first-order valence-corrected chi connectivity index (χ1v) is 6.33. The first-order chi connectivity index (χ1) is 4.91. The van der Waals surface area contributed by atoms with Crippen LogP contribution in [0.2, 0.25) is 5.28 Å². The molecule has 70 valence electrons. The third-order valence-electron chi connectivity index (χ3n) is 1.96. The molecule has 0 aliphatic heterocycles. The third kappa shape index (κ3) is 14.1. The Balaban J connectivity index is 0. The predicted octanol–water partition coefficient (Wildman–Crippen LogP) is 2.79. The van der Waals surface area contributed by atoms with E-state index in [1.165, 1.54) is 66.5 Å². The van der Waals surface area contributed by atoms with Gasteiger partial charge in [0.1, 0.15) is 0 Å². The van der Waals surface area contributed by atoms with Crippen molar-refractivity contribution < 1.29 is 20.4 Å². The minimum atomic E-state index is 0. The molecule has 2 heteroatoms. The van der Waals surface area contributed by atoms with Crippen molar-refractivity contribution in [1.82, 2.24) is 0 Å². The van der Waals surface area contributed by atoms with Gasteiger partial charge in [-0.3, -0.25) is 0 Å². The second kappa shape index (κ2) is 13.8. The second-order valence-electron chi connectivity index (χ2n) is 3.12. The van der Waals surface area contributed by atoms with Crippen molar-refractivity contribution in [2.45, 2.75) is 57.2 Å². The van der Waals surface area contributed by atoms with Crippen molar-refractivity contribution in [3.8, 4) is 0 Å². The van der Waals surface area contributed by atoms with E-state index in [0.717, 1.165) is 0 Å². The molecule has 0 aromatic heterocycles. The van der Waals surface area contributed by atoms with E-state index in [9.17, 15) is 0 Å². The maximum Gasteiger partial charge on any atom is 0.211 e. The van der Waals surface area contributed by atoms with Crippen LogP contribution in [0.15, 0.2) is 0 Å². The molecule has 0 spiro atoms. The summed E-state index contributed by atoms with van der Waals surface area (Å²) < 4.78 is 0. The summed E-state index contributed by atoms with van der Waals surface area (Å²) in [7, 11) is 0. The van der Waals surface area contributed by atoms with Crippen LogP contribution in [0.1, 0.15) is 51.9 Å². The van der Waals surface area contributed by atoms with Gasteiger partial charge in [0.2, 0.25) is 16.3 Å². The molecule has 0 saturated heterocycles. The molecule has 0 atom stereocenters. The molecule has 0 bridgehead atoms. The fraction of sp³-hybridized carbons (Fsp3) is 1.00. The minimum Gasteiger partial charge on any atom is -0.101 e. The molecule has 0 aliphatic carbocycles. The van der Waals surface area contributed by atoms with E-state index in [1.807, 2.05) is 0 Å². The molecule has 11 heavy (non-hydrogen) atoms. The molecule has 0 N–H and O–H groups in total. The fourth-order valence-corrected chi connectivity index (χ4v) is 1.71. The summed E-state index contributed by atoms with van der Waals surface area (Å²) in [5, 5.41) is 1.51. The molecule has 0 aromatic carbocycles. The Hall–Kier alpha value is 1.19. The largest absolute Gasteiger partial charge is 0.211 e.